The first-order valence-electron chi connectivity index (χ1n) is 11.1. The summed E-state index contributed by atoms with van der Waals surface area (Å²) < 4.78 is 0. The normalized spacial score (nSPS) is 11.7. The van der Waals surface area contributed by atoms with Gasteiger partial charge in [-0.15, -0.1) is 0 Å². The van der Waals surface area contributed by atoms with Crippen LogP contribution in [-0.4, -0.2) is 10.2 Å². The highest BCUT2D eigenvalue weighted by atomic mass is 16.3. The standard InChI is InChI=1S/C27H38O2/c1-6-7-8-9-10-11-12-13-14-23(24-17-19(2)15-21(4)26(24)28)25-18-20(3)16-22(5)27(25)29/h6-7,15-18,23,28-29H,8-14H2,1-5H3/b7-6+. The van der Waals surface area contributed by atoms with Crippen LogP contribution in [0.25, 0.3) is 0 Å². The van der Waals surface area contributed by atoms with Crippen LogP contribution in [0, 0.1) is 27.7 Å². The van der Waals surface area contributed by atoms with Crippen molar-refractivity contribution in [2.24, 2.45) is 0 Å². The second kappa shape index (κ2) is 11.1. The topological polar surface area (TPSA) is 40.5 Å². The molecule has 2 aromatic carbocycles. The molecule has 0 unspecified atom stereocenters. The summed E-state index contributed by atoms with van der Waals surface area (Å²) in [6.07, 6.45) is 12.5. The molecule has 0 saturated carbocycles. The van der Waals surface area contributed by atoms with Crippen molar-refractivity contribution in [3.05, 3.63) is 69.8 Å². The molecule has 0 bridgehead atoms. The van der Waals surface area contributed by atoms with Crippen molar-refractivity contribution in [3.63, 3.8) is 0 Å². The molecule has 2 N–H and O–H groups in total. The predicted molar refractivity (Wildman–Crippen MR) is 124 cm³/mol. The third-order valence-corrected chi connectivity index (χ3v) is 5.80. The van der Waals surface area contributed by atoms with Crippen LogP contribution in [0.15, 0.2) is 36.4 Å². The summed E-state index contributed by atoms with van der Waals surface area (Å²) in [5.41, 5.74) is 5.98. The zero-order chi connectivity index (χ0) is 21.4. The number of allylic oxidation sites excluding steroid dienone is 2. The first-order chi connectivity index (χ1) is 13.8. The average molecular weight is 395 g/mol. The van der Waals surface area contributed by atoms with Crippen molar-refractivity contribution in [2.75, 3.05) is 0 Å². The van der Waals surface area contributed by atoms with E-state index in [1.165, 1.54) is 32.1 Å². The lowest BCUT2D eigenvalue weighted by Crippen LogP contribution is -2.05. The first-order valence-corrected chi connectivity index (χ1v) is 11.1. The zero-order valence-electron chi connectivity index (χ0n) is 18.9. The molecule has 0 fully saturated rings. The van der Waals surface area contributed by atoms with Gasteiger partial charge in [-0.3, -0.25) is 0 Å². The van der Waals surface area contributed by atoms with E-state index in [-0.39, 0.29) is 5.92 Å². The second-order valence-electron chi connectivity index (χ2n) is 8.51. The quantitative estimate of drug-likeness (QED) is 0.319. The summed E-state index contributed by atoms with van der Waals surface area (Å²) in [5, 5.41) is 21.6. The number of phenolic OH excluding ortho intramolecular Hbond substituents is 2. The van der Waals surface area contributed by atoms with Gasteiger partial charge in [-0.1, -0.05) is 73.2 Å². The van der Waals surface area contributed by atoms with Gasteiger partial charge in [-0.05, 0) is 65.0 Å². The van der Waals surface area contributed by atoms with E-state index in [0.29, 0.717) is 11.5 Å². The number of hydrogen-bond acceptors (Lipinski definition) is 2. The van der Waals surface area contributed by atoms with Crippen molar-refractivity contribution in [1.29, 1.82) is 0 Å². The van der Waals surface area contributed by atoms with Crippen molar-refractivity contribution in [2.45, 2.75) is 85.5 Å². The summed E-state index contributed by atoms with van der Waals surface area (Å²) in [4.78, 5) is 0. The van der Waals surface area contributed by atoms with E-state index in [0.717, 1.165) is 46.2 Å². The van der Waals surface area contributed by atoms with Crippen molar-refractivity contribution in [3.8, 4) is 11.5 Å². The lowest BCUT2D eigenvalue weighted by Gasteiger charge is -2.23. The summed E-state index contributed by atoms with van der Waals surface area (Å²) in [6.45, 7) is 10.1. The van der Waals surface area contributed by atoms with Crippen LogP contribution in [0.4, 0.5) is 0 Å². The number of aromatic hydroxyl groups is 2. The number of rotatable bonds is 10. The van der Waals surface area contributed by atoms with Gasteiger partial charge in [-0.2, -0.15) is 0 Å². The second-order valence-corrected chi connectivity index (χ2v) is 8.51. The van der Waals surface area contributed by atoms with Gasteiger partial charge in [0.15, 0.2) is 0 Å². The molecule has 0 amide bonds. The van der Waals surface area contributed by atoms with Gasteiger partial charge in [0.25, 0.3) is 0 Å². The predicted octanol–water partition coefficient (Wildman–Crippen LogP) is 7.77. The largest absolute Gasteiger partial charge is 0.507 e. The molecule has 0 aliphatic rings. The van der Waals surface area contributed by atoms with Gasteiger partial charge < -0.3 is 10.2 Å². The SMILES string of the molecule is C/C=C/CCCCCCCC(c1cc(C)cc(C)c1O)c1cc(C)cc(C)c1O. The molecule has 2 aromatic rings. The van der Waals surface area contributed by atoms with Crippen LogP contribution in [0.1, 0.15) is 91.2 Å². The van der Waals surface area contributed by atoms with Crippen LogP contribution in [-0.2, 0) is 0 Å². The number of benzene rings is 2. The van der Waals surface area contributed by atoms with Crippen molar-refractivity contribution < 1.29 is 10.2 Å². The van der Waals surface area contributed by atoms with Crippen LogP contribution in [0.3, 0.4) is 0 Å². The molecule has 0 saturated heterocycles. The Hall–Kier alpha value is -2.22. The van der Waals surface area contributed by atoms with E-state index in [4.69, 9.17) is 0 Å². The Morgan fingerprint density at radius 2 is 1.21 bits per heavy atom. The summed E-state index contributed by atoms with van der Waals surface area (Å²) in [5.74, 6) is 0.742. The minimum absolute atomic E-state index is 0.00947. The van der Waals surface area contributed by atoms with Gasteiger partial charge in [0, 0.05) is 17.0 Å². The molecule has 2 heteroatoms. The van der Waals surface area contributed by atoms with Crippen LogP contribution in [0.5, 0.6) is 11.5 Å². The zero-order valence-corrected chi connectivity index (χ0v) is 18.9. The number of phenols is 2. The molecular weight excluding hydrogens is 356 g/mol. The number of hydrogen-bond donors (Lipinski definition) is 2. The number of aryl methyl sites for hydroxylation is 4. The maximum atomic E-state index is 10.8. The molecule has 0 aromatic heterocycles. The van der Waals surface area contributed by atoms with E-state index in [2.05, 4.69) is 45.1 Å². The summed E-state index contributed by atoms with van der Waals surface area (Å²) in [7, 11) is 0. The molecule has 0 aliphatic carbocycles. The van der Waals surface area contributed by atoms with E-state index < -0.39 is 0 Å². The Labute approximate surface area is 177 Å². The maximum absolute atomic E-state index is 10.8. The highest BCUT2D eigenvalue weighted by molar-refractivity contribution is 5.53. The molecule has 0 spiro atoms. The monoisotopic (exact) mass is 394 g/mol. The molecule has 0 radical (unpaired) electrons. The molecule has 2 nitrogen and oxygen atoms in total. The van der Waals surface area contributed by atoms with Crippen molar-refractivity contribution >= 4 is 0 Å². The van der Waals surface area contributed by atoms with Crippen LogP contribution < -0.4 is 0 Å². The Balaban J connectivity index is 2.22. The lowest BCUT2D eigenvalue weighted by molar-refractivity contribution is 0.443. The van der Waals surface area contributed by atoms with Gasteiger partial charge in [0.2, 0.25) is 0 Å². The Morgan fingerprint density at radius 1 is 0.724 bits per heavy atom. The molecule has 2 rings (SSSR count). The Kier molecular flexibility index (Phi) is 8.82. The molecule has 0 aliphatic heterocycles. The highest BCUT2D eigenvalue weighted by Gasteiger charge is 2.23. The maximum Gasteiger partial charge on any atom is 0.122 e. The highest BCUT2D eigenvalue weighted by Crippen LogP contribution is 2.42. The lowest BCUT2D eigenvalue weighted by atomic mass is 9.83. The third-order valence-electron chi connectivity index (χ3n) is 5.80. The van der Waals surface area contributed by atoms with Gasteiger partial charge in [-0.25, -0.2) is 0 Å². The fourth-order valence-electron chi connectivity index (χ4n) is 4.30. The molecule has 0 heterocycles. The van der Waals surface area contributed by atoms with Gasteiger partial charge >= 0.3 is 0 Å². The smallest absolute Gasteiger partial charge is 0.122 e. The Morgan fingerprint density at radius 3 is 1.72 bits per heavy atom. The van der Waals surface area contributed by atoms with Crippen LogP contribution >= 0.6 is 0 Å². The molecule has 29 heavy (non-hydrogen) atoms. The molecule has 0 atom stereocenters. The summed E-state index contributed by atoms with van der Waals surface area (Å²) >= 11 is 0. The molecule has 158 valence electrons. The van der Waals surface area contributed by atoms with Crippen LogP contribution in [0.2, 0.25) is 0 Å². The summed E-state index contributed by atoms with van der Waals surface area (Å²) in [6, 6.07) is 8.20. The van der Waals surface area contributed by atoms with Gasteiger partial charge in [0.05, 0.1) is 0 Å². The van der Waals surface area contributed by atoms with E-state index in [1.54, 1.807) is 0 Å². The minimum Gasteiger partial charge on any atom is -0.507 e. The fourth-order valence-corrected chi connectivity index (χ4v) is 4.30. The number of unbranched alkanes of at least 4 members (excludes halogenated alkanes) is 5. The van der Waals surface area contributed by atoms with Gasteiger partial charge in [0.1, 0.15) is 11.5 Å². The third kappa shape index (κ3) is 6.39. The fraction of sp³-hybridized carbons (Fsp3) is 0.481. The minimum atomic E-state index is 0.00947. The van der Waals surface area contributed by atoms with E-state index in [9.17, 15) is 10.2 Å². The first kappa shape index (κ1) is 23.1. The van der Waals surface area contributed by atoms with E-state index >= 15 is 0 Å². The Bertz CT molecular complexity index is 775. The molecular formula is C27H38O2. The van der Waals surface area contributed by atoms with E-state index in [1.807, 2.05) is 26.0 Å². The average Bonchev–Trinajstić information content (AvgIpc) is 2.67. The van der Waals surface area contributed by atoms with Crippen molar-refractivity contribution in [1.82, 2.24) is 0 Å².